The van der Waals surface area contributed by atoms with Gasteiger partial charge in [-0.05, 0) is 49.2 Å². The maximum Gasteiger partial charge on any atom is 0.230 e. The maximum atomic E-state index is 12.4. The van der Waals surface area contributed by atoms with Crippen LogP contribution in [0.2, 0.25) is 0 Å². The number of aryl methyl sites for hydroxylation is 2. The third kappa shape index (κ3) is 3.42. The van der Waals surface area contributed by atoms with Crippen LogP contribution in [0, 0.1) is 13.8 Å². The smallest absolute Gasteiger partial charge is 0.230 e. The highest BCUT2D eigenvalue weighted by Gasteiger charge is 2.15. The van der Waals surface area contributed by atoms with Crippen LogP contribution in [0.25, 0.3) is 11.0 Å². The number of amides is 1. The zero-order valence-electron chi connectivity index (χ0n) is 14.7. The lowest BCUT2D eigenvalue weighted by atomic mass is 10.1. The molecule has 1 amide bonds. The molecule has 0 saturated heterocycles. The number of anilines is 1. The normalized spacial score (nSPS) is 10.7. The molecule has 0 aliphatic heterocycles. The van der Waals surface area contributed by atoms with Gasteiger partial charge in [-0.25, -0.2) is 0 Å². The van der Waals surface area contributed by atoms with Crippen LogP contribution in [0.4, 0.5) is 5.69 Å². The van der Waals surface area contributed by atoms with Crippen molar-refractivity contribution in [3.63, 3.8) is 0 Å². The third-order valence-corrected chi connectivity index (χ3v) is 4.17. The first-order chi connectivity index (χ1) is 12.0. The van der Waals surface area contributed by atoms with Crippen molar-refractivity contribution in [3.8, 4) is 11.5 Å². The summed E-state index contributed by atoms with van der Waals surface area (Å²) in [6.07, 6.45) is 0.116. The Morgan fingerprint density at radius 3 is 2.60 bits per heavy atom. The van der Waals surface area contributed by atoms with Crippen molar-refractivity contribution in [1.82, 2.24) is 5.16 Å². The van der Waals surface area contributed by atoms with Crippen molar-refractivity contribution in [2.24, 2.45) is 0 Å². The number of carbonyl (C=O) groups is 1. The van der Waals surface area contributed by atoms with E-state index in [1.54, 1.807) is 32.4 Å². The zero-order valence-corrected chi connectivity index (χ0v) is 14.7. The Kier molecular flexibility index (Phi) is 4.61. The lowest BCUT2D eigenvalue weighted by Gasteiger charge is -2.11. The molecule has 0 aliphatic carbocycles. The van der Waals surface area contributed by atoms with Crippen LogP contribution in [-0.4, -0.2) is 25.3 Å². The first-order valence-corrected chi connectivity index (χ1v) is 7.89. The second-order valence-electron chi connectivity index (χ2n) is 5.85. The third-order valence-electron chi connectivity index (χ3n) is 4.17. The summed E-state index contributed by atoms with van der Waals surface area (Å²) >= 11 is 0. The molecule has 6 heteroatoms. The van der Waals surface area contributed by atoms with Crippen LogP contribution in [0.1, 0.15) is 16.8 Å². The molecule has 0 spiro atoms. The van der Waals surface area contributed by atoms with Crippen molar-refractivity contribution in [3.05, 3.63) is 47.2 Å². The topological polar surface area (TPSA) is 73.6 Å². The van der Waals surface area contributed by atoms with Gasteiger partial charge in [0.25, 0.3) is 0 Å². The van der Waals surface area contributed by atoms with Gasteiger partial charge >= 0.3 is 0 Å². The zero-order chi connectivity index (χ0) is 18.0. The molecule has 2 aromatic carbocycles. The molecule has 0 fully saturated rings. The first kappa shape index (κ1) is 16.8. The van der Waals surface area contributed by atoms with Crippen LogP contribution < -0.4 is 14.8 Å². The Balaban J connectivity index is 1.80. The highest BCUT2D eigenvalue weighted by Crippen LogP contribution is 2.29. The summed E-state index contributed by atoms with van der Waals surface area (Å²) in [7, 11) is 3.12. The number of nitrogens with one attached hydrogen (secondary N) is 1. The summed E-state index contributed by atoms with van der Waals surface area (Å²) < 4.78 is 15.8. The van der Waals surface area contributed by atoms with Gasteiger partial charge in [-0.1, -0.05) is 5.16 Å². The van der Waals surface area contributed by atoms with Gasteiger partial charge in [0.15, 0.2) is 5.58 Å². The fourth-order valence-corrected chi connectivity index (χ4v) is 2.62. The van der Waals surface area contributed by atoms with Crippen molar-refractivity contribution in [2.75, 3.05) is 19.5 Å². The molecule has 1 aromatic heterocycles. The Bertz CT molecular complexity index is 931. The van der Waals surface area contributed by atoms with Gasteiger partial charge in [-0.3, -0.25) is 4.79 Å². The molecule has 0 saturated carbocycles. The average molecular weight is 340 g/mol. The van der Waals surface area contributed by atoms with Crippen LogP contribution in [0.15, 0.2) is 34.9 Å². The van der Waals surface area contributed by atoms with E-state index in [1.165, 1.54) is 0 Å². The number of rotatable bonds is 5. The van der Waals surface area contributed by atoms with Crippen molar-refractivity contribution in [2.45, 2.75) is 20.3 Å². The molecule has 6 nitrogen and oxygen atoms in total. The van der Waals surface area contributed by atoms with Gasteiger partial charge in [-0.2, -0.15) is 0 Å². The van der Waals surface area contributed by atoms with Crippen LogP contribution in [0.5, 0.6) is 11.5 Å². The number of hydrogen-bond donors (Lipinski definition) is 1. The Morgan fingerprint density at radius 1 is 1.12 bits per heavy atom. The second kappa shape index (κ2) is 6.84. The van der Waals surface area contributed by atoms with Gasteiger partial charge in [0, 0.05) is 11.5 Å². The van der Waals surface area contributed by atoms with E-state index in [-0.39, 0.29) is 12.3 Å². The summed E-state index contributed by atoms with van der Waals surface area (Å²) in [5.41, 5.74) is 4.14. The second-order valence-corrected chi connectivity index (χ2v) is 5.85. The molecule has 0 radical (unpaired) electrons. The van der Waals surface area contributed by atoms with Crippen LogP contribution >= 0.6 is 0 Å². The Hall–Kier alpha value is -3.02. The molecule has 3 rings (SSSR count). The molecule has 0 aliphatic rings. The monoisotopic (exact) mass is 340 g/mol. The van der Waals surface area contributed by atoms with E-state index in [9.17, 15) is 4.79 Å². The van der Waals surface area contributed by atoms with E-state index in [1.807, 2.05) is 26.0 Å². The van der Waals surface area contributed by atoms with Gasteiger partial charge in [-0.15, -0.1) is 0 Å². The molecule has 3 aromatic rings. The highest BCUT2D eigenvalue weighted by atomic mass is 16.5. The molecule has 0 unspecified atom stereocenters. The predicted molar refractivity (Wildman–Crippen MR) is 95.4 cm³/mol. The molecule has 25 heavy (non-hydrogen) atoms. The van der Waals surface area contributed by atoms with E-state index >= 15 is 0 Å². The number of ether oxygens (including phenoxy) is 2. The average Bonchev–Trinajstić information content (AvgIpc) is 2.97. The lowest BCUT2D eigenvalue weighted by molar-refractivity contribution is -0.115. The van der Waals surface area contributed by atoms with Crippen LogP contribution in [-0.2, 0) is 11.2 Å². The fourth-order valence-electron chi connectivity index (χ4n) is 2.62. The van der Waals surface area contributed by atoms with E-state index in [4.69, 9.17) is 14.0 Å². The number of methoxy groups -OCH3 is 2. The minimum Gasteiger partial charge on any atom is -0.497 e. The summed E-state index contributed by atoms with van der Waals surface area (Å²) in [6.45, 7) is 4.04. The molecule has 130 valence electrons. The largest absolute Gasteiger partial charge is 0.497 e. The van der Waals surface area contributed by atoms with E-state index in [2.05, 4.69) is 10.5 Å². The molecule has 0 atom stereocenters. The SMILES string of the molecule is COc1ccc(NC(=O)Cc2noc3cc(C)c(C)cc23)c(OC)c1. The number of hydrogen-bond acceptors (Lipinski definition) is 5. The quantitative estimate of drug-likeness (QED) is 0.767. The van der Waals surface area contributed by atoms with E-state index in [0.29, 0.717) is 28.5 Å². The molecule has 1 N–H and O–H groups in total. The van der Waals surface area contributed by atoms with E-state index in [0.717, 1.165) is 16.5 Å². The molecular formula is C19H20N2O4. The number of nitrogens with zero attached hydrogens (tertiary/aromatic N) is 1. The van der Waals surface area contributed by atoms with Crippen molar-refractivity contribution in [1.29, 1.82) is 0 Å². The summed E-state index contributed by atoms with van der Waals surface area (Å²) in [4.78, 5) is 12.4. The molecular weight excluding hydrogens is 320 g/mol. The minimum atomic E-state index is -0.197. The summed E-state index contributed by atoms with van der Waals surface area (Å²) in [5, 5.41) is 7.74. The van der Waals surface area contributed by atoms with Gasteiger partial charge < -0.3 is 19.3 Å². The molecule has 0 bridgehead atoms. The van der Waals surface area contributed by atoms with Crippen molar-refractivity contribution >= 4 is 22.6 Å². The Labute approximate surface area is 145 Å². The van der Waals surface area contributed by atoms with Crippen molar-refractivity contribution < 1.29 is 18.8 Å². The number of aromatic nitrogens is 1. The molecule has 1 heterocycles. The highest BCUT2D eigenvalue weighted by molar-refractivity contribution is 5.96. The summed E-state index contributed by atoms with van der Waals surface area (Å²) in [6, 6.07) is 9.15. The standard InChI is InChI=1S/C19H20N2O4/c1-11-7-14-16(21-25-17(14)8-12(11)2)10-19(22)20-15-6-5-13(23-3)9-18(15)24-4/h5-9H,10H2,1-4H3,(H,20,22). The lowest BCUT2D eigenvalue weighted by Crippen LogP contribution is -2.15. The maximum absolute atomic E-state index is 12.4. The van der Waals surface area contributed by atoms with Gasteiger partial charge in [0.05, 0.1) is 26.3 Å². The number of benzene rings is 2. The van der Waals surface area contributed by atoms with E-state index < -0.39 is 0 Å². The number of carbonyl (C=O) groups excluding carboxylic acids is 1. The van der Waals surface area contributed by atoms with Gasteiger partial charge in [0.2, 0.25) is 5.91 Å². The van der Waals surface area contributed by atoms with Gasteiger partial charge in [0.1, 0.15) is 17.2 Å². The summed E-state index contributed by atoms with van der Waals surface area (Å²) in [5.74, 6) is 0.990. The predicted octanol–water partition coefficient (Wildman–Crippen LogP) is 3.64. The van der Waals surface area contributed by atoms with Crippen LogP contribution in [0.3, 0.4) is 0 Å². The number of fused-ring (bicyclic) bond motifs is 1. The minimum absolute atomic E-state index is 0.116. The fraction of sp³-hybridized carbons (Fsp3) is 0.263. The first-order valence-electron chi connectivity index (χ1n) is 7.89. The Morgan fingerprint density at radius 2 is 1.88 bits per heavy atom.